The molecular formula is C17H27N3O. The van der Waals surface area contributed by atoms with E-state index in [4.69, 9.17) is 0 Å². The van der Waals surface area contributed by atoms with E-state index in [1.54, 1.807) is 6.07 Å². The summed E-state index contributed by atoms with van der Waals surface area (Å²) in [7, 11) is 0. The van der Waals surface area contributed by atoms with Crippen molar-refractivity contribution >= 4 is 0 Å². The summed E-state index contributed by atoms with van der Waals surface area (Å²) in [5.41, 5.74) is 2.49. The van der Waals surface area contributed by atoms with Crippen molar-refractivity contribution in [3.63, 3.8) is 0 Å². The Labute approximate surface area is 126 Å². The molecule has 2 N–H and O–H groups in total. The summed E-state index contributed by atoms with van der Waals surface area (Å²) < 4.78 is 0. The van der Waals surface area contributed by atoms with Crippen molar-refractivity contribution in [2.45, 2.75) is 57.5 Å². The molecule has 1 atom stereocenters. The largest absolute Gasteiger partial charge is 0.326 e. The highest BCUT2D eigenvalue weighted by molar-refractivity contribution is 5.26. The predicted octanol–water partition coefficient (Wildman–Crippen LogP) is 2.22. The Morgan fingerprint density at radius 1 is 1.29 bits per heavy atom. The Morgan fingerprint density at radius 3 is 2.86 bits per heavy atom. The van der Waals surface area contributed by atoms with Gasteiger partial charge in [-0.15, -0.1) is 0 Å². The predicted molar refractivity (Wildman–Crippen MR) is 85.6 cm³/mol. The van der Waals surface area contributed by atoms with E-state index >= 15 is 0 Å². The van der Waals surface area contributed by atoms with Crippen LogP contribution in [0.2, 0.25) is 0 Å². The standard InChI is InChI=1S/C17H27N3O/c1-2-10-20-11-8-13(9-12-20)18-15-4-3-5-16-14(15)6-7-17(21)19-16/h6-7,13,15,18H,2-5,8-12H2,1H3,(H,19,21). The Balaban J connectivity index is 1.61. The molecule has 3 rings (SSSR count). The Kier molecular flexibility index (Phi) is 4.76. The molecule has 2 aliphatic rings. The van der Waals surface area contributed by atoms with Crippen molar-refractivity contribution in [1.29, 1.82) is 0 Å². The third kappa shape index (κ3) is 3.55. The van der Waals surface area contributed by atoms with Gasteiger partial charge in [0, 0.05) is 23.8 Å². The van der Waals surface area contributed by atoms with Gasteiger partial charge in [0.2, 0.25) is 5.56 Å². The fraction of sp³-hybridized carbons (Fsp3) is 0.706. The van der Waals surface area contributed by atoms with Gasteiger partial charge in [0.1, 0.15) is 0 Å². The number of hydrogen-bond acceptors (Lipinski definition) is 3. The number of aryl methyl sites for hydroxylation is 1. The fourth-order valence-corrected chi connectivity index (χ4v) is 3.80. The molecule has 1 fully saturated rings. The topological polar surface area (TPSA) is 48.1 Å². The van der Waals surface area contributed by atoms with Crippen molar-refractivity contribution in [3.05, 3.63) is 33.7 Å². The summed E-state index contributed by atoms with van der Waals surface area (Å²) in [4.78, 5) is 17.0. The number of H-pyrrole nitrogens is 1. The van der Waals surface area contributed by atoms with Crippen LogP contribution in [-0.2, 0) is 6.42 Å². The number of nitrogens with one attached hydrogen (secondary N) is 2. The van der Waals surface area contributed by atoms with E-state index < -0.39 is 0 Å². The van der Waals surface area contributed by atoms with Crippen LogP contribution in [0.15, 0.2) is 16.9 Å². The second-order valence-corrected chi connectivity index (χ2v) is 6.48. The van der Waals surface area contributed by atoms with E-state index in [9.17, 15) is 4.79 Å². The molecule has 0 bridgehead atoms. The van der Waals surface area contributed by atoms with Gasteiger partial charge in [-0.1, -0.05) is 13.0 Å². The van der Waals surface area contributed by atoms with Crippen molar-refractivity contribution < 1.29 is 0 Å². The molecule has 21 heavy (non-hydrogen) atoms. The first-order valence-electron chi connectivity index (χ1n) is 8.46. The second kappa shape index (κ2) is 6.75. The first-order valence-corrected chi connectivity index (χ1v) is 8.46. The molecular weight excluding hydrogens is 262 g/mol. The van der Waals surface area contributed by atoms with Crippen LogP contribution >= 0.6 is 0 Å². The SMILES string of the molecule is CCCN1CCC(NC2CCCc3[nH]c(=O)ccc32)CC1. The number of hydrogen-bond donors (Lipinski definition) is 2. The normalized spacial score (nSPS) is 24.0. The molecule has 1 aliphatic heterocycles. The van der Waals surface area contributed by atoms with Crippen LogP contribution in [0, 0.1) is 0 Å². The van der Waals surface area contributed by atoms with Crippen LogP contribution in [0.4, 0.5) is 0 Å². The number of aromatic amines is 1. The average Bonchev–Trinajstić information content (AvgIpc) is 2.49. The molecule has 1 saturated heterocycles. The van der Waals surface area contributed by atoms with Gasteiger partial charge in [0.05, 0.1) is 0 Å². The summed E-state index contributed by atoms with van der Waals surface area (Å²) in [5, 5.41) is 3.85. The minimum atomic E-state index is 0.0299. The smallest absolute Gasteiger partial charge is 0.248 e. The first-order chi connectivity index (χ1) is 10.3. The molecule has 1 aromatic rings. The third-order valence-electron chi connectivity index (χ3n) is 4.90. The van der Waals surface area contributed by atoms with E-state index in [2.05, 4.69) is 22.1 Å². The van der Waals surface area contributed by atoms with Gasteiger partial charge in [0.25, 0.3) is 0 Å². The number of nitrogens with zero attached hydrogens (tertiary/aromatic N) is 1. The van der Waals surface area contributed by atoms with Gasteiger partial charge in [-0.2, -0.15) is 0 Å². The van der Waals surface area contributed by atoms with Gasteiger partial charge in [-0.3, -0.25) is 4.79 Å². The molecule has 2 heterocycles. The lowest BCUT2D eigenvalue weighted by atomic mass is 9.90. The molecule has 0 saturated carbocycles. The zero-order valence-electron chi connectivity index (χ0n) is 13.0. The molecule has 1 aliphatic carbocycles. The first kappa shape index (κ1) is 14.8. The van der Waals surface area contributed by atoms with Crippen molar-refractivity contribution in [3.8, 4) is 0 Å². The minimum Gasteiger partial charge on any atom is -0.326 e. The van der Waals surface area contributed by atoms with Crippen LogP contribution < -0.4 is 10.9 Å². The van der Waals surface area contributed by atoms with E-state index in [0.29, 0.717) is 12.1 Å². The number of rotatable bonds is 4. The Bertz CT molecular complexity index is 517. The summed E-state index contributed by atoms with van der Waals surface area (Å²) in [5.74, 6) is 0. The number of fused-ring (bicyclic) bond motifs is 1. The molecule has 116 valence electrons. The molecule has 0 amide bonds. The highest BCUT2D eigenvalue weighted by atomic mass is 16.1. The molecule has 1 unspecified atom stereocenters. The van der Waals surface area contributed by atoms with Crippen molar-refractivity contribution in [1.82, 2.24) is 15.2 Å². The lowest BCUT2D eigenvalue weighted by molar-refractivity contribution is 0.188. The van der Waals surface area contributed by atoms with E-state index in [1.165, 1.54) is 57.3 Å². The van der Waals surface area contributed by atoms with E-state index in [1.807, 2.05) is 6.07 Å². The monoisotopic (exact) mass is 289 g/mol. The maximum atomic E-state index is 11.5. The van der Waals surface area contributed by atoms with E-state index in [-0.39, 0.29) is 5.56 Å². The van der Waals surface area contributed by atoms with E-state index in [0.717, 1.165) is 12.1 Å². The van der Waals surface area contributed by atoms with Crippen LogP contribution in [0.25, 0.3) is 0 Å². The maximum absolute atomic E-state index is 11.5. The number of pyridine rings is 1. The number of likely N-dealkylation sites (tertiary alicyclic amines) is 1. The molecule has 4 heteroatoms. The Morgan fingerprint density at radius 2 is 2.10 bits per heavy atom. The third-order valence-corrected chi connectivity index (χ3v) is 4.90. The van der Waals surface area contributed by atoms with Crippen LogP contribution in [-0.4, -0.2) is 35.6 Å². The summed E-state index contributed by atoms with van der Waals surface area (Å²) in [6.07, 6.45) is 7.11. The highest BCUT2D eigenvalue weighted by Crippen LogP contribution is 2.29. The maximum Gasteiger partial charge on any atom is 0.248 e. The highest BCUT2D eigenvalue weighted by Gasteiger charge is 2.25. The van der Waals surface area contributed by atoms with Crippen LogP contribution in [0.5, 0.6) is 0 Å². The number of aromatic nitrogens is 1. The number of piperidine rings is 1. The zero-order valence-corrected chi connectivity index (χ0v) is 13.0. The molecule has 0 aromatic carbocycles. The lowest BCUT2D eigenvalue weighted by Crippen LogP contribution is -2.44. The zero-order chi connectivity index (χ0) is 14.7. The van der Waals surface area contributed by atoms with Gasteiger partial charge in [-0.25, -0.2) is 0 Å². The quantitative estimate of drug-likeness (QED) is 0.893. The summed E-state index contributed by atoms with van der Waals surface area (Å²) in [6.45, 7) is 5.93. The molecule has 0 radical (unpaired) electrons. The molecule has 4 nitrogen and oxygen atoms in total. The van der Waals surface area contributed by atoms with Crippen molar-refractivity contribution in [2.75, 3.05) is 19.6 Å². The summed E-state index contributed by atoms with van der Waals surface area (Å²) >= 11 is 0. The fourth-order valence-electron chi connectivity index (χ4n) is 3.80. The lowest BCUT2D eigenvalue weighted by Gasteiger charge is -2.36. The second-order valence-electron chi connectivity index (χ2n) is 6.48. The van der Waals surface area contributed by atoms with Gasteiger partial charge >= 0.3 is 0 Å². The van der Waals surface area contributed by atoms with Gasteiger partial charge in [-0.05, 0) is 63.7 Å². The van der Waals surface area contributed by atoms with Crippen LogP contribution in [0.1, 0.15) is 56.3 Å². The van der Waals surface area contributed by atoms with Crippen molar-refractivity contribution in [2.24, 2.45) is 0 Å². The molecule has 0 spiro atoms. The minimum absolute atomic E-state index is 0.0299. The molecule has 1 aromatic heterocycles. The summed E-state index contributed by atoms with van der Waals surface area (Å²) in [6, 6.07) is 4.74. The van der Waals surface area contributed by atoms with Crippen LogP contribution in [0.3, 0.4) is 0 Å². The van der Waals surface area contributed by atoms with Gasteiger partial charge in [0.15, 0.2) is 0 Å². The Hall–Kier alpha value is -1.13. The average molecular weight is 289 g/mol. The van der Waals surface area contributed by atoms with Gasteiger partial charge < -0.3 is 15.2 Å².